The molecule has 0 saturated carbocycles. The molecule has 0 unspecified atom stereocenters. The first-order valence-corrected chi connectivity index (χ1v) is 10.9. The highest BCUT2D eigenvalue weighted by molar-refractivity contribution is 7.92. The molecule has 2 aromatic carbocycles. The van der Waals surface area contributed by atoms with Crippen LogP contribution in [0.1, 0.15) is 12.5 Å². The topological polar surface area (TPSA) is 84.9 Å². The Balaban J connectivity index is 1.64. The van der Waals surface area contributed by atoms with Crippen LogP contribution in [0, 0.1) is 0 Å². The van der Waals surface area contributed by atoms with E-state index in [9.17, 15) is 13.2 Å². The van der Waals surface area contributed by atoms with Crippen LogP contribution in [0.5, 0.6) is 11.5 Å². The minimum absolute atomic E-state index is 0.222. The van der Waals surface area contributed by atoms with Crippen molar-refractivity contribution in [1.29, 1.82) is 0 Å². The van der Waals surface area contributed by atoms with E-state index in [0.29, 0.717) is 30.2 Å². The molecule has 0 aromatic heterocycles. The van der Waals surface area contributed by atoms with Crippen molar-refractivity contribution in [2.45, 2.75) is 19.4 Å². The van der Waals surface area contributed by atoms with Crippen molar-refractivity contribution in [2.75, 3.05) is 30.3 Å². The van der Waals surface area contributed by atoms with Crippen molar-refractivity contribution in [1.82, 2.24) is 5.32 Å². The minimum Gasteiger partial charge on any atom is -0.486 e. The summed E-state index contributed by atoms with van der Waals surface area (Å²) in [4.78, 5) is 12.4. The van der Waals surface area contributed by atoms with Gasteiger partial charge in [0.05, 0.1) is 18.5 Å². The highest BCUT2D eigenvalue weighted by atomic mass is 32.2. The molecule has 0 saturated heterocycles. The van der Waals surface area contributed by atoms with Crippen LogP contribution in [0.2, 0.25) is 0 Å². The van der Waals surface area contributed by atoms with Gasteiger partial charge in [-0.3, -0.25) is 9.10 Å². The Kier molecular flexibility index (Phi) is 6.08. The van der Waals surface area contributed by atoms with Crippen LogP contribution in [0.4, 0.5) is 5.69 Å². The van der Waals surface area contributed by atoms with E-state index in [1.54, 1.807) is 18.2 Å². The van der Waals surface area contributed by atoms with Crippen molar-refractivity contribution in [3.63, 3.8) is 0 Å². The van der Waals surface area contributed by atoms with Gasteiger partial charge < -0.3 is 14.8 Å². The summed E-state index contributed by atoms with van der Waals surface area (Å²) in [5.74, 6) is 0.894. The predicted octanol–water partition coefficient (Wildman–Crippen LogP) is 1.97. The molecule has 0 aliphatic carbocycles. The van der Waals surface area contributed by atoms with Gasteiger partial charge in [0.2, 0.25) is 15.9 Å². The third-order valence-electron chi connectivity index (χ3n) is 4.42. The van der Waals surface area contributed by atoms with Crippen LogP contribution in [0.3, 0.4) is 0 Å². The average Bonchev–Trinajstić information content (AvgIpc) is 2.69. The molecule has 0 bridgehead atoms. The van der Waals surface area contributed by atoms with Crippen LogP contribution in [-0.2, 0) is 21.2 Å². The van der Waals surface area contributed by atoms with Gasteiger partial charge in [-0.05, 0) is 30.2 Å². The van der Waals surface area contributed by atoms with Gasteiger partial charge >= 0.3 is 0 Å². The van der Waals surface area contributed by atoms with Crippen LogP contribution in [0.15, 0.2) is 48.5 Å². The first-order valence-electron chi connectivity index (χ1n) is 9.09. The van der Waals surface area contributed by atoms with Gasteiger partial charge in [-0.1, -0.05) is 37.3 Å². The third kappa shape index (κ3) is 4.75. The fourth-order valence-electron chi connectivity index (χ4n) is 3.01. The van der Waals surface area contributed by atoms with Crippen molar-refractivity contribution < 1.29 is 22.7 Å². The summed E-state index contributed by atoms with van der Waals surface area (Å²) < 4.78 is 37.1. The molecule has 0 fully saturated rings. The molecule has 2 aromatic rings. The van der Waals surface area contributed by atoms with E-state index in [4.69, 9.17) is 9.47 Å². The van der Waals surface area contributed by atoms with Gasteiger partial charge in [0.25, 0.3) is 0 Å². The molecule has 7 nitrogen and oxygen atoms in total. The molecule has 1 aliphatic rings. The van der Waals surface area contributed by atoms with Crippen molar-refractivity contribution in [3.05, 3.63) is 54.1 Å². The normalized spacial score (nSPS) is 15.7. The first kappa shape index (κ1) is 20.0. The fraction of sp³-hybridized carbons (Fsp3) is 0.350. The SMILES string of the molecule is CCc1ccccc1N(CC(=O)NC[C@H]1COc2ccccc2O1)S(C)(=O)=O. The quantitative estimate of drug-likeness (QED) is 0.763. The van der Waals surface area contributed by atoms with Crippen molar-refractivity contribution >= 4 is 21.6 Å². The number of anilines is 1. The smallest absolute Gasteiger partial charge is 0.240 e. The van der Waals surface area contributed by atoms with E-state index in [0.717, 1.165) is 16.1 Å². The number of carbonyl (C=O) groups is 1. The Hall–Kier alpha value is -2.74. The summed E-state index contributed by atoms with van der Waals surface area (Å²) in [6.45, 7) is 2.18. The molecule has 0 radical (unpaired) electrons. The molecule has 1 atom stereocenters. The second-order valence-corrected chi connectivity index (χ2v) is 8.46. The maximum atomic E-state index is 12.4. The van der Waals surface area contributed by atoms with Crippen molar-refractivity contribution in [3.8, 4) is 11.5 Å². The molecule has 0 spiro atoms. The number of nitrogens with zero attached hydrogens (tertiary/aromatic N) is 1. The van der Waals surface area contributed by atoms with E-state index >= 15 is 0 Å². The van der Waals surface area contributed by atoms with Crippen LogP contribution in [0.25, 0.3) is 0 Å². The number of fused-ring (bicyclic) bond motifs is 1. The van der Waals surface area contributed by atoms with Gasteiger partial charge in [-0.2, -0.15) is 0 Å². The van der Waals surface area contributed by atoms with Crippen molar-refractivity contribution in [2.24, 2.45) is 0 Å². The number of hydrogen-bond acceptors (Lipinski definition) is 5. The summed E-state index contributed by atoms with van der Waals surface area (Å²) in [5, 5.41) is 2.74. The number of ether oxygens (including phenoxy) is 2. The zero-order valence-corrected chi connectivity index (χ0v) is 16.7. The molecule has 1 heterocycles. The summed E-state index contributed by atoms with van der Waals surface area (Å²) >= 11 is 0. The Morgan fingerprint density at radius 3 is 2.54 bits per heavy atom. The molecule has 1 N–H and O–H groups in total. The number of carbonyl (C=O) groups excluding carboxylic acids is 1. The molecular weight excluding hydrogens is 380 g/mol. The average molecular weight is 404 g/mol. The molecule has 8 heteroatoms. The zero-order chi connectivity index (χ0) is 20.1. The van der Waals surface area contributed by atoms with Gasteiger partial charge in [0, 0.05) is 0 Å². The summed E-state index contributed by atoms with van der Waals surface area (Å²) in [6.07, 6.45) is 1.42. The Bertz CT molecular complexity index is 945. The van der Waals surface area contributed by atoms with Gasteiger partial charge in [0.15, 0.2) is 11.5 Å². The van der Waals surface area contributed by atoms with Gasteiger partial charge in [-0.25, -0.2) is 8.42 Å². The van der Waals surface area contributed by atoms with Gasteiger partial charge in [0.1, 0.15) is 19.3 Å². The lowest BCUT2D eigenvalue weighted by molar-refractivity contribution is -0.120. The van der Waals surface area contributed by atoms with E-state index < -0.39 is 15.9 Å². The number of benzene rings is 2. The lowest BCUT2D eigenvalue weighted by Crippen LogP contribution is -2.45. The molecule has 150 valence electrons. The summed E-state index contributed by atoms with van der Waals surface area (Å²) in [5.41, 5.74) is 1.38. The summed E-state index contributed by atoms with van der Waals surface area (Å²) in [6, 6.07) is 14.5. The highest BCUT2D eigenvalue weighted by Gasteiger charge is 2.25. The Morgan fingerprint density at radius 2 is 1.82 bits per heavy atom. The van der Waals surface area contributed by atoms with E-state index in [1.807, 2.05) is 37.3 Å². The highest BCUT2D eigenvalue weighted by Crippen LogP contribution is 2.30. The Morgan fingerprint density at radius 1 is 1.14 bits per heavy atom. The zero-order valence-electron chi connectivity index (χ0n) is 15.9. The number of rotatable bonds is 7. The molecule has 1 amide bonds. The van der Waals surface area contributed by atoms with E-state index in [2.05, 4.69) is 5.32 Å². The lowest BCUT2D eigenvalue weighted by Gasteiger charge is -2.27. The molecular formula is C20H24N2O5S. The number of nitrogens with one attached hydrogen (secondary N) is 1. The minimum atomic E-state index is -3.61. The van der Waals surface area contributed by atoms with E-state index in [-0.39, 0.29) is 19.2 Å². The van der Waals surface area contributed by atoms with Crippen LogP contribution in [-0.4, -0.2) is 46.4 Å². The Labute approximate surface area is 165 Å². The van der Waals surface area contributed by atoms with Crippen LogP contribution < -0.4 is 19.1 Å². The fourth-order valence-corrected chi connectivity index (χ4v) is 3.90. The molecule has 1 aliphatic heterocycles. The number of amides is 1. The molecule has 28 heavy (non-hydrogen) atoms. The largest absolute Gasteiger partial charge is 0.486 e. The second-order valence-electron chi connectivity index (χ2n) is 6.55. The number of hydrogen-bond donors (Lipinski definition) is 1. The number of para-hydroxylation sites is 3. The van der Waals surface area contributed by atoms with Crippen LogP contribution >= 0.6 is 0 Å². The number of aryl methyl sites for hydroxylation is 1. The predicted molar refractivity (Wildman–Crippen MR) is 107 cm³/mol. The van der Waals surface area contributed by atoms with Gasteiger partial charge in [-0.15, -0.1) is 0 Å². The lowest BCUT2D eigenvalue weighted by atomic mass is 10.1. The van der Waals surface area contributed by atoms with E-state index in [1.165, 1.54) is 0 Å². The monoisotopic (exact) mass is 404 g/mol. The maximum absolute atomic E-state index is 12.4. The molecule has 3 rings (SSSR count). The maximum Gasteiger partial charge on any atom is 0.240 e. The number of sulfonamides is 1. The first-order chi connectivity index (χ1) is 13.4. The standard InChI is InChI=1S/C20H24N2O5S/c1-3-15-8-4-5-9-17(15)22(28(2,24)25)13-20(23)21-12-16-14-26-18-10-6-7-11-19(18)27-16/h4-11,16H,3,12-14H2,1-2H3,(H,21,23)/t16-/m0/s1. The second kappa shape index (κ2) is 8.52. The summed E-state index contributed by atoms with van der Waals surface area (Å²) in [7, 11) is -3.61. The third-order valence-corrected chi connectivity index (χ3v) is 5.55.